The van der Waals surface area contributed by atoms with E-state index in [1.807, 2.05) is 80.0 Å². The number of carbonyl (C=O) groups is 3. The van der Waals surface area contributed by atoms with Gasteiger partial charge in [0, 0.05) is 73.3 Å². The average Bonchev–Trinajstić information content (AvgIpc) is 3.60. The second-order valence-corrected chi connectivity index (χ2v) is 12.7. The molecule has 9 heteroatoms. The second kappa shape index (κ2) is 14.5. The van der Waals surface area contributed by atoms with E-state index in [4.69, 9.17) is 0 Å². The van der Waals surface area contributed by atoms with E-state index >= 15 is 0 Å². The van der Waals surface area contributed by atoms with Gasteiger partial charge in [0.05, 0.1) is 0 Å². The summed E-state index contributed by atoms with van der Waals surface area (Å²) in [4.78, 5) is 62.3. The molecule has 0 radical (unpaired) electrons. The zero-order valence-corrected chi connectivity index (χ0v) is 27.9. The van der Waals surface area contributed by atoms with Crippen molar-refractivity contribution in [3.05, 3.63) is 86.3 Å². The molecule has 2 aromatic carbocycles. The minimum atomic E-state index is -0.317. The summed E-state index contributed by atoms with van der Waals surface area (Å²) in [5, 5.41) is 2.96. The van der Waals surface area contributed by atoms with Crippen LogP contribution in [0.1, 0.15) is 82.6 Å². The number of pyridine rings is 1. The number of benzene rings is 2. The number of nitrogens with zero attached hydrogens (tertiary/aromatic N) is 3. The number of rotatable bonds is 9. The highest BCUT2D eigenvalue weighted by molar-refractivity contribution is 6.02. The van der Waals surface area contributed by atoms with Gasteiger partial charge in [-0.2, -0.15) is 0 Å². The molecule has 3 aromatic rings. The highest BCUT2D eigenvalue weighted by atomic mass is 16.2. The smallest absolute Gasteiger partial charge is 0.253 e. The van der Waals surface area contributed by atoms with Crippen LogP contribution in [-0.4, -0.2) is 71.8 Å². The summed E-state index contributed by atoms with van der Waals surface area (Å²) >= 11 is 0. The van der Waals surface area contributed by atoms with E-state index in [2.05, 4.69) is 22.1 Å². The van der Waals surface area contributed by atoms with Crippen molar-refractivity contribution in [2.24, 2.45) is 5.92 Å². The first kappa shape index (κ1) is 33.1. The van der Waals surface area contributed by atoms with E-state index in [9.17, 15) is 19.2 Å². The molecule has 1 aliphatic heterocycles. The lowest BCUT2D eigenvalue weighted by Crippen LogP contribution is -2.48. The van der Waals surface area contributed by atoms with Crippen LogP contribution in [0.5, 0.6) is 0 Å². The fourth-order valence-corrected chi connectivity index (χ4v) is 6.84. The van der Waals surface area contributed by atoms with Crippen LogP contribution in [0.15, 0.2) is 47.3 Å². The predicted octanol–water partition coefficient (Wildman–Crippen LogP) is 5.22. The quantitative estimate of drug-likeness (QED) is 0.339. The van der Waals surface area contributed by atoms with Crippen LogP contribution < -0.4 is 15.8 Å². The average molecular weight is 626 g/mol. The maximum absolute atomic E-state index is 13.8. The van der Waals surface area contributed by atoms with Crippen LogP contribution in [0.2, 0.25) is 0 Å². The minimum absolute atomic E-state index is 0.0130. The van der Waals surface area contributed by atoms with Crippen molar-refractivity contribution in [3.63, 3.8) is 0 Å². The molecule has 1 saturated carbocycles. The predicted molar refractivity (Wildman–Crippen MR) is 182 cm³/mol. The molecule has 5 rings (SSSR count). The third-order valence-corrected chi connectivity index (χ3v) is 9.69. The fourth-order valence-electron chi connectivity index (χ4n) is 6.84. The zero-order valence-electron chi connectivity index (χ0n) is 27.9. The molecule has 3 amide bonds. The molecule has 0 bridgehead atoms. The largest absolute Gasteiger partial charge is 0.348 e. The molecular weight excluding hydrogens is 578 g/mol. The zero-order chi connectivity index (χ0) is 33.0. The minimum Gasteiger partial charge on any atom is -0.348 e. The number of aryl methyl sites for hydroxylation is 2. The lowest BCUT2D eigenvalue weighted by molar-refractivity contribution is -0.122. The molecule has 0 atom stereocenters. The summed E-state index contributed by atoms with van der Waals surface area (Å²) in [6.07, 6.45) is 3.87. The molecule has 1 aliphatic carbocycles. The standard InChI is InChI=1S/C37H47N5O4/c1-6-40-16-18-41(19-17-40)36(45)29-14-12-27(13-15-29)30-21-31(34(43)38-23-32-24(3)20-25(4)39-35(32)44)26(5)33(22-30)42(7-2)37(46)28-10-8-9-11-28/h12-15,20-22,28H,6-11,16-19,23H2,1-5H3,(H,38,43)(H,39,44). The molecule has 46 heavy (non-hydrogen) atoms. The number of nitrogens with one attached hydrogen (secondary N) is 2. The monoisotopic (exact) mass is 625 g/mol. The van der Waals surface area contributed by atoms with Crippen LogP contribution in [0.25, 0.3) is 11.1 Å². The van der Waals surface area contributed by atoms with Gasteiger partial charge in [-0.1, -0.05) is 31.9 Å². The Morgan fingerprint density at radius 1 is 0.913 bits per heavy atom. The Hall–Kier alpha value is -4.24. The Kier molecular flexibility index (Phi) is 10.4. The van der Waals surface area contributed by atoms with Gasteiger partial charge in [-0.05, 0) is 99.7 Å². The van der Waals surface area contributed by atoms with Crippen LogP contribution in [0.4, 0.5) is 5.69 Å². The highest BCUT2D eigenvalue weighted by Crippen LogP contribution is 2.35. The number of aromatic nitrogens is 1. The Morgan fingerprint density at radius 2 is 1.59 bits per heavy atom. The SMILES string of the molecule is CCN1CCN(C(=O)c2ccc(-c3cc(C(=O)NCc4c(C)cc(C)[nH]c4=O)c(C)c(N(CC)C(=O)C4CCCC4)c3)cc2)CC1. The maximum atomic E-state index is 13.8. The van der Waals surface area contributed by atoms with Crippen molar-refractivity contribution in [1.29, 1.82) is 0 Å². The first-order chi connectivity index (χ1) is 22.1. The number of hydrogen-bond donors (Lipinski definition) is 2. The molecule has 2 N–H and O–H groups in total. The number of piperazine rings is 1. The Bertz CT molecular complexity index is 1650. The van der Waals surface area contributed by atoms with Crippen molar-refractivity contribution < 1.29 is 14.4 Å². The molecule has 2 fully saturated rings. The molecule has 0 unspecified atom stereocenters. The van der Waals surface area contributed by atoms with Crippen molar-refractivity contribution in [3.8, 4) is 11.1 Å². The normalized spacial score (nSPS) is 15.6. The van der Waals surface area contributed by atoms with Gasteiger partial charge in [0.25, 0.3) is 17.4 Å². The number of carbonyl (C=O) groups excluding carboxylic acids is 3. The number of anilines is 1. The van der Waals surface area contributed by atoms with Crippen LogP contribution in [0.3, 0.4) is 0 Å². The van der Waals surface area contributed by atoms with Gasteiger partial charge < -0.3 is 25.0 Å². The van der Waals surface area contributed by atoms with Gasteiger partial charge >= 0.3 is 0 Å². The summed E-state index contributed by atoms with van der Waals surface area (Å²) in [5.74, 6) is -0.214. The van der Waals surface area contributed by atoms with E-state index in [-0.39, 0.29) is 35.7 Å². The Morgan fingerprint density at radius 3 is 2.20 bits per heavy atom. The summed E-state index contributed by atoms with van der Waals surface area (Å²) in [6.45, 7) is 14.4. The number of amides is 3. The molecular formula is C37H47N5O4. The van der Waals surface area contributed by atoms with E-state index in [0.717, 1.165) is 67.7 Å². The summed E-state index contributed by atoms with van der Waals surface area (Å²) in [6, 6.07) is 13.2. The van der Waals surface area contributed by atoms with Crippen LogP contribution in [-0.2, 0) is 11.3 Å². The molecule has 1 aromatic heterocycles. The summed E-state index contributed by atoms with van der Waals surface area (Å²) in [5.41, 5.74) is 5.99. The lowest BCUT2D eigenvalue weighted by atomic mass is 9.95. The molecule has 244 valence electrons. The molecule has 0 spiro atoms. The van der Waals surface area contributed by atoms with Gasteiger partial charge in [0.2, 0.25) is 5.91 Å². The molecule has 2 aliphatic rings. The van der Waals surface area contributed by atoms with E-state index in [1.165, 1.54) is 0 Å². The van der Waals surface area contributed by atoms with Crippen molar-refractivity contribution in [2.75, 3.05) is 44.2 Å². The second-order valence-electron chi connectivity index (χ2n) is 12.7. The van der Waals surface area contributed by atoms with Crippen molar-refractivity contribution >= 4 is 23.4 Å². The number of H-pyrrole nitrogens is 1. The van der Waals surface area contributed by atoms with Crippen LogP contribution >= 0.6 is 0 Å². The van der Waals surface area contributed by atoms with Crippen LogP contribution in [0, 0.1) is 26.7 Å². The first-order valence-corrected chi connectivity index (χ1v) is 16.7. The summed E-state index contributed by atoms with van der Waals surface area (Å²) < 4.78 is 0. The van der Waals surface area contributed by atoms with E-state index < -0.39 is 0 Å². The first-order valence-electron chi connectivity index (χ1n) is 16.7. The lowest BCUT2D eigenvalue weighted by Gasteiger charge is -2.34. The number of hydrogen-bond acceptors (Lipinski definition) is 5. The van der Waals surface area contributed by atoms with Crippen molar-refractivity contribution in [2.45, 2.75) is 66.8 Å². The topological polar surface area (TPSA) is 106 Å². The van der Waals surface area contributed by atoms with Gasteiger partial charge in [0.1, 0.15) is 0 Å². The fraction of sp³-hybridized carbons (Fsp3) is 0.459. The maximum Gasteiger partial charge on any atom is 0.253 e. The van der Waals surface area contributed by atoms with Gasteiger partial charge in [0.15, 0.2) is 0 Å². The third kappa shape index (κ3) is 7.09. The molecule has 2 heterocycles. The highest BCUT2D eigenvalue weighted by Gasteiger charge is 2.29. The Labute approximate surface area is 272 Å². The van der Waals surface area contributed by atoms with E-state index in [0.29, 0.717) is 47.6 Å². The molecule has 1 saturated heterocycles. The summed E-state index contributed by atoms with van der Waals surface area (Å²) in [7, 11) is 0. The Balaban J connectivity index is 1.47. The van der Waals surface area contributed by atoms with Gasteiger partial charge in [-0.25, -0.2) is 0 Å². The van der Waals surface area contributed by atoms with Gasteiger partial charge in [-0.15, -0.1) is 0 Å². The van der Waals surface area contributed by atoms with E-state index in [1.54, 1.807) is 0 Å². The number of likely N-dealkylation sites (N-methyl/N-ethyl adjacent to an activating group) is 1. The van der Waals surface area contributed by atoms with Gasteiger partial charge in [-0.3, -0.25) is 19.2 Å². The van der Waals surface area contributed by atoms with Crippen molar-refractivity contribution in [1.82, 2.24) is 20.1 Å². The number of aromatic amines is 1. The third-order valence-electron chi connectivity index (χ3n) is 9.69. The molecule has 9 nitrogen and oxygen atoms in total.